The number of aliphatic hydroxyl groups excluding tert-OH is 1. The smallest absolute Gasteiger partial charge is 0.224 e. The fourth-order valence-corrected chi connectivity index (χ4v) is 2.95. The van der Waals surface area contributed by atoms with E-state index in [1.165, 1.54) is 0 Å². The summed E-state index contributed by atoms with van der Waals surface area (Å²) in [5.41, 5.74) is 2.86. The van der Waals surface area contributed by atoms with Gasteiger partial charge in [-0.25, -0.2) is 0 Å². The van der Waals surface area contributed by atoms with Gasteiger partial charge in [-0.3, -0.25) is 4.79 Å². The molecule has 2 aromatic carbocycles. The van der Waals surface area contributed by atoms with Gasteiger partial charge in [-0.15, -0.1) is 0 Å². The third kappa shape index (κ3) is 4.19. The topological polar surface area (TPSA) is 74.4 Å². The first-order chi connectivity index (χ1) is 12.2. The SMILES string of the molecule is COc1cccc2[nH]cc(CC(=O)NCC(O)Cc3ccccc3)c12. The summed E-state index contributed by atoms with van der Waals surface area (Å²) < 4.78 is 5.38. The van der Waals surface area contributed by atoms with Gasteiger partial charge in [0.1, 0.15) is 5.75 Å². The van der Waals surface area contributed by atoms with Gasteiger partial charge >= 0.3 is 0 Å². The van der Waals surface area contributed by atoms with Gasteiger partial charge < -0.3 is 20.1 Å². The summed E-state index contributed by atoms with van der Waals surface area (Å²) in [6, 6.07) is 15.5. The molecule has 3 rings (SSSR count). The molecule has 0 aliphatic rings. The number of carbonyl (C=O) groups is 1. The second kappa shape index (κ2) is 7.85. The molecule has 25 heavy (non-hydrogen) atoms. The third-order valence-electron chi connectivity index (χ3n) is 4.17. The Morgan fingerprint density at radius 1 is 1.20 bits per heavy atom. The molecule has 1 unspecified atom stereocenters. The first kappa shape index (κ1) is 17.0. The second-order valence-electron chi connectivity index (χ2n) is 6.02. The van der Waals surface area contributed by atoms with Gasteiger partial charge in [-0.2, -0.15) is 0 Å². The maximum Gasteiger partial charge on any atom is 0.224 e. The van der Waals surface area contributed by atoms with E-state index in [4.69, 9.17) is 4.74 Å². The van der Waals surface area contributed by atoms with Crippen LogP contribution >= 0.6 is 0 Å². The number of hydrogen-bond acceptors (Lipinski definition) is 3. The van der Waals surface area contributed by atoms with E-state index >= 15 is 0 Å². The van der Waals surface area contributed by atoms with Crippen LogP contribution in [0.5, 0.6) is 5.75 Å². The summed E-state index contributed by atoms with van der Waals surface area (Å²) in [5.74, 6) is 0.615. The van der Waals surface area contributed by atoms with Crippen molar-refractivity contribution in [3.8, 4) is 5.75 Å². The van der Waals surface area contributed by atoms with Gasteiger partial charge in [0, 0.05) is 30.1 Å². The van der Waals surface area contributed by atoms with E-state index in [1.807, 2.05) is 54.7 Å². The standard InChI is InChI=1S/C20H22N2O3/c1-25-18-9-5-8-17-20(18)15(12-21-17)11-19(24)22-13-16(23)10-14-6-3-2-4-7-14/h2-9,12,16,21,23H,10-11,13H2,1H3,(H,22,24). The van der Waals surface area contributed by atoms with Gasteiger partial charge in [0.05, 0.1) is 19.6 Å². The molecule has 0 bridgehead atoms. The molecule has 0 aliphatic carbocycles. The van der Waals surface area contributed by atoms with Crippen molar-refractivity contribution in [2.75, 3.05) is 13.7 Å². The van der Waals surface area contributed by atoms with Gasteiger partial charge in [-0.05, 0) is 23.3 Å². The Morgan fingerprint density at radius 3 is 2.76 bits per heavy atom. The number of carbonyl (C=O) groups excluding carboxylic acids is 1. The number of ether oxygens (including phenoxy) is 1. The molecular weight excluding hydrogens is 316 g/mol. The van der Waals surface area contributed by atoms with Gasteiger partial charge in [0.2, 0.25) is 5.91 Å². The fraction of sp³-hybridized carbons (Fsp3) is 0.250. The van der Waals surface area contributed by atoms with E-state index in [2.05, 4.69) is 10.3 Å². The lowest BCUT2D eigenvalue weighted by atomic mass is 10.1. The number of nitrogens with one attached hydrogen (secondary N) is 2. The third-order valence-corrected chi connectivity index (χ3v) is 4.17. The highest BCUT2D eigenvalue weighted by Crippen LogP contribution is 2.28. The zero-order valence-electron chi connectivity index (χ0n) is 14.2. The molecule has 0 saturated heterocycles. The van der Waals surface area contributed by atoms with Crippen molar-refractivity contribution in [2.45, 2.75) is 18.9 Å². The molecule has 3 aromatic rings. The maximum atomic E-state index is 12.2. The van der Waals surface area contributed by atoms with E-state index in [0.717, 1.165) is 27.8 Å². The lowest BCUT2D eigenvalue weighted by Gasteiger charge is -2.12. The molecule has 0 aliphatic heterocycles. The maximum absolute atomic E-state index is 12.2. The minimum Gasteiger partial charge on any atom is -0.496 e. The van der Waals surface area contributed by atoms with Crippen molar-refractivity contribution in [2.24, 2.45) is 0 Å². The summed E-state index contributed by atoms with van der Waals surface area (Å²) in [7, 11) is 1.62. The molecule has 5 nitrogen and oxygen atoms in total. The van der Waals surface area contributed by atoms with Crippen molar-refractivity contribution in [1.82, 2.24) is 10.3 Å². The molecule has 5 heteroatoms. The number of hydrogen-bond donors (Lipinski definition) is 3. The van der Waals surface area contributed by atoms with Crippen LogP contribution in [0.1, 0.15) is 11.1 Å². The largest absolute Gasteiger partial charge is 0.496 e. The van der Waals surface area contributed by atoms with Gasteiger partial charge in [-0.1, -0.05) is 36.4 Å². The van der Waals surface area contributed by atoms with Crippen molar-refractivity contribution >= 4 is 16.8 Å². The molecule has 0 spiro atoms. The van der Waals surface area contributed by atoms with Crippen molar-refractivity contribution in [3.63, 3.8) is 0 Å². The minimum atomic E-state index is -0.608. The van der Waals surface area contributed by atoms with Crippen molar-refractivity contribution in [3.05, 3.63) is 65.9 Å². The average molecular weight is 338 g/mol. The Labute approximate surface area is 146 Å². The minimum absolute atomic E-state index is 0.126. The van der Waals surface area contributed by atoms with Crippen LogP contribution < -0.4 is 10.1 Å². The van der Waals surface area contributed by atoms with E-state index in [1.54, 1.807) is 7.11 Å². The Morgan fingerprint density at radius 2 is 2.00 bits per heavy atom. The first-order valence-corrected chi connectivity index (χ1v) is 8.29. The van der Waals surface area contributed by atoms with Crippen LogP contribution in [0.15, 0.2) is 54.7 Å². The van der Waals surface area contributed by atoms with Crippen molar-refractivity contribution in [1.29, 1.82) is 0 Å². The second-order valence-corrected chi connectivity index (χ2v) is 6.02. The highest BCUT2D eigenvalue weighted by molar-refractivity contribution is 5.93. The predicted molar refractivity (Wildman–Crippen MR) is 97.7 cm³/mol. The quantitative estimate of drug-likeness (QED) is 0.619. The van der Waals surface area contributed by atoms with Crippen LogP contribution in [0.2, 0.25) is 0 Å². The van der Waals surface area contributed by atoms with Crippen LogP contribution in [-0.2, 0) is 17.6 Å². The first-order valence-electron chi connectivity index (χ1n) is 8.29. The number of amides is 1. The summed E-state index contributed by atoms with van der Waals surface area (Å²) in [6.45, 7) is 0.229. The van der Waals surface area contributed by atoms with Crippen LogP contribution in [0.3, 0.4) is 0 Å². The predicted octanol–water partition coefficient (Wildman–Crippen LogP) is 2.44. The molecule has 0 radical (unpaired) electrons. The van der Waals surface area contributed by atoms with E-state index in [0.29, 0.717) is 6.42 Å². The molecule has 3 N–H and O–H groups in total. The molecule has 1 amide bonds. The average Bonchev–Trinajstić information content (AvgIpc) is 3.04. The number of rotatable bonds is 7. The van der Waals surface area contributed by atoms with Gasteiger partial charge in [0.25, 0.3) is 0 Å². The van der Waals surface area contributed by atoms with Gasteiger partial charge in [0.15, 0.2) is 0 Å². The Hall–Kier alpha value is -2.79. The summed E-state index contributed by atoms with van der Waals surface area (Å²) in [4.78, 5) is 15.4. The molecule has 1 heterocycles. The summed E-state index contributed by atoms with van der Waals surface area (Å²) in [5, 5.41) is 13.8. The van der Waals surface area contributed by atoms with Crippen LogP contribution in [-0.4, -0.2) is 35.8 Å². The van der Waals surface area contributed by atoms with E-state index < -0.39 is 6.10 Å². The molecule has 1 aromatic heterocycles. The van der Waals surface area contributed by atoms with Crippen LogP contribution in [0.4, 0.5) is 0 Å². The monoisotopic (exact) mass is 338 g/mol. The van der Waals surface area contributed by atoms with Crippen molar-refractivity contribution < 1.29 is 14.6 Å². The Kier molecular flexibility index (Phi) is 5.36. The Bertz CT molecular complexity index is 843. The number of fused-ring (bicyclic) bond motifs is 1. The Balaban J connectivity index is 1.58. The molecule has 0 saturated carbocycles. The number of H-pyrrole nitrogens is 1. The number of aromatic amines is 1. The van der Waals surface area contributed by atoms with E-state index in [-0.39, 0.29) is 18.9 Å². The normalized spacial score (nSPS) is 12.1. The summed E-state index contributed by atoms with van der Waals surface area (Å²) in [6.07, 6.45) is 1.97. The number of aromatic nitrogens is 1. The molecule has 1 atom stereocenters. The van der Waals surface area contributed by atoms with Crippen LogP contribution in [0, 0.1) is 0 Å². The number of benzene rings is 2. The summed E-state index contributed by atoms with van der Waals surface area (Å²) >= 11 is 0. The zero-order valence-corrected chi connectivity index (χ0v) is 14.2. The lowest BCUT2D eigenvalue weighted by molar-refractivity contribution is -0.120. The highest BCUT2D eigenvalue weighted by atomic mass is 16.5. The fourth-order valence-electron chi connectivity index (χ4n) is 2.95. The number of methoxy groups -OCH3 is 1. The van der Waals surface area contributed by atoms with Crippen LogP contribution in [0.25, 0.3) is 10.9 Å². The zero-order chi connectivity index (χ0) is 17.6. The highest BCUT2D eigenvalue weighted by Gasteiger charge is 2.13. The van der Waals surface area contributed by atoms with E-state index in [9.17, 15) is 9.90 Å². The lowest BCUT2D eigenvalue weighted by Crippen LogP contribution is -2.34. The molecule has 130 valence electrons. The molecule has 0 fully saturated rings. The molecular formula is C20H22N2O3. The number of aliphatic hydroxyl groups is 1.